The summed E-state index contributed by atoms with van der Waals surface area (Å²) in [6.45, 7) is 4.64. The molecule has 6 rings (SSSR count). The zero-order valence-corrected chi connectivity index (χ0v) is 28.7. The molecule has 3 fully saturated rings. The fourth-order valence-electron chi connectivity index (χ4n) is 7.77. The van der Waals surface area contributed by atoms with Crippen molar-refractivity contribution in [1.29, 1.82) is 0 Å². The molecule has 0 aliphatic carbocycles. The van der Waals surface area contributed by atoms with Crippen LogP contribution >= 0.6 is 27.3 Å². The van der Waals surface area contributed by atoms with Gasteiger partial charge in [0.1, 0.15) is 0 Å². The normalized spacial score (nSPS) is 21.0. The molecule has 0 bridgehead atoms. The molecule has 3 saturated heterocycles. The van der Waals surface area contributed by atoms with Crippen LogP contribution in [0.4, 0.5) is 29.3 Å². The van der Waals surface area contributed by atoms with E-state index in [-0.39, 0.29) is 41.2 Å². The van der Waals surface area contributed by atoms with Crippen molar-refractivity contribution in [3.8, 4) is 0 Å². The zero-order chi connectivity index (χ0) is 33.3. The van der Waals surface area contributed by atoms with E-state index >= 15 is 0 Å². The largest absolute Gasteiger partial charge is 0.418 e. The van der Waals surface area contributed by atoms with E-state index in [0.29, 0.717) is 63.0 Å². The van der Waals surface area contributed by atoms with E-state index in [0.717, 1.165) is 55.4 Å². The number of hydrogen-bond acceptors (Lipinski definition) is 6. The number of thiophene rings is 1. The molecule has 9 nitrogen and oxygen atoms in total. The van der Waals surface area contributed by atoms with Gasteiger partial charge in [-0.1, -0.05) is 0 Å². The standard InChI is InChI=1S/C33H42BrF3N6O3S/c34-26-17-20(16-25(30(26)38)33(35,36)37)15-23(31(45)42-10-3-22(4-11-42)21-1-8-39-9-2-21)18-29(44)41-12-5-24(6-13-41)43-19-28-27(7-14-47-28)40-32(43)46/h7,14,16-17,21-24,39H,1-6,8-13,15,18-19,38H2,(H,40,46)/t23-/m0/s1. The third-order valence-corrected chi connectivity index (χ3v) is 12.0. The predicted molar refractivity (Wildman–Crippen MR) is 179 cm³/mol. The second-order valence-corrected chi connectivity index (χ2v) is 15.2. The fraction of sp³-hybridized carbons (Fsp3) is 0.606. The van der Waals surface area contributed by atoms with Crippen LogP contribution in [0, 0.1) is 17.8 Å². The summed E-state index contributed by atoms with van der Waals surface area (Å²) in [6.07, 6.45) is 0.536. The van der Waals surface area contributed by atoms with Crippen LogP contribution in [0.2, 0.25) is 0 Å². The Morgan fingerprint density at radius 1 is 1.00 bits per heavy atom. The molecule has 2 aromatic rings. The minimum absolute atomic E-state index is 0.00564. The monoisotopic (exact) mass is 738 g/mol. The number of benzene rings is 1. The highest BCUT2D eigenvalue weighted by atomic mass is 79.9. The molecule has 1 aromatic heterocycles. The summed E-state index contributed by atoms with van der Waals surface area (Å²) in [5.41, 5.74) is 5.55. The van der Waals surface area contributed by atoms with Gasteiger partial charge >= 0.3 is 12.2 Å². The molecule has 14 heteroatoms. The molecular formula is C33H42BrF3N6O3S. The van der Waals surface area contributed by atoms with E-state index in [1.165, 1.54) is 6.07 Å². The number of likely N-dealkylation sites (tertiary alicyclic amines) is 2. The lowest BCUT2D eigenvalue weighted by Gasteiger charge is -2.40. The lowest BCUT2D eigenvalue weighted by Crippen LogP contribution is -2.51. The van der Waals surface area contributed by atoms with Gasteiger partial charge in [0, 0.05) is 48.0 Å². The van der Waals surface area contributed by atoms with Crippen molar-refractivity contribution in [1.82, 2.24) is 20.0 Å². The van der Waals surface area contributed by atoms with Gasteiger partial charge < -0.3 is 31.1 Å². The maximum absolute atomic E-state index is 14.0. The molecule has 256 valence electrons. The van der Waals surface area contributed by atoms with Crippen LogP contribution in [-0.4, -0.2) is 77.9 Å². The first-order chi connectivity index (χ1) is 22.5. The van der Waals surface area contributed by atoms with E-state index in [2.05, 4.69) is 26.6 Å². The molecule has 0 spiro atoms. The second-order valence-electron chi connectivity index (χ2n) is 13.3. The van der Waals surface area contributed by atoms with Crippen LogP contribution in [-0.2, 0) is 28.7 Å². The SMILES string of the molecule is Nc1c(Br)cc(C[C@@H](CC(=O)N2CCC(N3Cc4sccc4NC3=O)CC2)C(=O)N2CCC(C3CCNCC3)CC2)cc1C(F)(F)F. The van der Waals surface area contributed by atoms with Crippen molar-refractivity contribution in [3.05, 3.63) is 44.1 Å². The number of hydrogen-bond donors (Lipinski definition) is 3. The molecule has 4 amide bonds. The van der Waals surface area contributed by atoms with Crippen LogP contribution in [0.5, 0.6) is 0 Å². The number of nitrogen functional groups attached to an aromatic ring is 1. The van der Waals surface area contributed by atoms with Crippen molar-refractivity contribution < 1.29 is 27.6 Å². The first kappa shape index (κ1) is 34.0. The van der Waals surface area contributed by atoms with Gasteiger partial charge in [0.25, 0.3) is 0 Å². The van der Waals surface area contributed by atoms with E-state index < -0.39 is 23.3 Å². The number of amides is 4. The van der Waals surface area contributed by atoms with Gasteiger partial charge in [-0.2, -0.15) is 13.2 Å². The molecule has 47 heavy (non-hydrogen) atoms. The Labute approximate surface area is 285 Å². The number of alkyl halides is 3. The molecule has 1 aromatic carbocycles. The minimum Gasteiger partial charge on any atom is -0.397 e. The van der Waals surface area contributed by atoms with Crippen LogP contribution in [0.25, 0.3) is 0 Å². The Morgan fingerprint density at radius 2 is 1.66 bits per heavy atom. The van der Waals surface area contributed by atoms with Crippen LogP contribution in [0.3, 0.4) is 0 Å². The van der Waals surface area contributed by atoms with E-state index in [1.54, 1.807) is 16.2 Å². The van der Waals surface area contributed by atoms with Gasteiger partial charge in [-0.3, -0.25) is 9.59 Å². The summed E-state index contributed by atoms with van der Waals surface area (Å²) in [5, 5.41) is 8.31. The Balaban J connectivity index is 1.13. The first-order valence-electron chi connectivity index (χ1n) is 16.5. The first-order valence-corrected chi connectivity index (χ1v) is 18.2. The smallest absolute Gasteiger partial charge is 0.397 e. The summed E-state index contributed by atoms with van der Waals surface area (Å²) >= 11 is 4.77. The maximum Gasteiger partial charge on any atom is 0.418 e. The average Bonchev–Trinajstić information content (AvgIpc) is 3.52. The number of nitrogens with two attached hydrogens (primary N) is 1. The predicted octanol–water partition coefficient (Wildman–Crippen LogP) is 5.94. The fourth-order valence-corrected chi connectivity index (χ4v) is 9.11. The van der Waals surface area contributed by atoms with Gasteiger partial charge in [-0.05, 0) is 115 Å². The Morgan fingerprint density at radius 3 is 2.34 bits per heavy atom. The van der Waals surface area contributed by atoms with Gasteiger partial charge in [-0.15, -0.1) is 11.3 Å². The zero-order valence-electron chi connectivity index (χ0n) is 26.3. The summed E-state index contributed by atoms with van der Waals surface area (Å²) in [5.74, 6) is 0.0108. The molecular weight excluding hydrogens is 697 g/mol. The number of halogens is 4. The Kier molecular flexibility index (Phi) is 10.4. The number of nitrogens with one attached hydrogen (secondary N) is 2. The second kappa shape index (κ2) is 14.3. The lowest BCUT2D eigenvalue weighted by atomic mass is 9.79. The van der Waals surface area contributed by atoms with Crippen molar-refractivity contribution in [2.45, 2.75) is 70.1 Å². The number of fused-ring (bicyclic) bond motifs is 1. The van der Waals surface area contributed by atoms with Crippen molar-refractivity contribution in [3.63, 3.8) is 0 Å². The van der Waals surface area contributed by atoms with Gasteiger partial charge in [0.05, 0.1) is 29.4 Å². The highest BCUT2D eigenvalue weighted by Crippen LogP contribution is 2.39. The third-order valence-electron chi connectivity index (χ3n) is 10.5. The molecule has 5 heterocycles. The van der Waals surface area contributed by atoms with Crippen molar-refractivity contribution >= 4 is 56.5 Å². The van der Waals surface area contributed by atoms with E-state index in [1.807, 2.05) is 21.2 Å². The molecule has 4 N–H and O–H groups in total. The van der Waals surface area contributed by atoms with Crippen molar-refractivity contribution in [2.24, 2.45) is 17.8 Å². The number of urea groups is 1. The molecule has 4 aliphatic rings. The Bertz CT molecular complexity index is 1470. The van der Waals surface area contributed by atoms with Crippen LogP contribution in [0.1, 0.15) is 60.9 Å². The summed E-state index contributed by atoms with van der Waals surface area (Å²) in [4.78, 5) is 47.0. The summed E-state index contributed by atoms with van der Waals surface area (Å²) < 4.78 is 41.6. The molecule has 0 saturated carbocycles. The van der Waals surface area contributed by atoms with Crippen LogP contribution in [0.15, 0.2) is 28.1 Å². The van der Waals surface area contributed by atoms with Gasteiger partial charge in [0.15, 0.2) is 0 Å². The quantitative estimate of drug-likeness (QED) is 0.305. The summed E-state index contributed by atoms with van der Waals surface area (Å²) in [6, 6.07) is 4.27. The van der Waals surface area contributed by atoms with Gasteiger partial charge in [-0.25, -0.2) is 4.79 Å². The number of carbonyl (C=O) groups is 3. The topological polar surface area (TPSA) is 111 Å². The Hall–Kier alpha value is -2.84. The number of anilines is 2. The maximum atomic E-state index is 14.0. The van der Waals surface area contributed by atoms with Crippen molar-refractivity contribution in [2.75, 3.05) is 50.3 Å². The van der Waals surface area contributed by atoms with Crippen LogP contribution < -0.4 is 16.4 Å². The highest BCUT2D eigenvalue weighted by molar-refractivity contribution is 9.10. The number of carbonyl (C=O) groups excluding carboxylic acids is 3. The summed E-state index contributed by atoms with van der Waals surface area (Å²) in [7, 11) is 0. The molecule has 0 unspecified atom stereocenters. The molecule has 0 radical (unpaired) electrons. The molecule has 4 aliphatic heterocycles. The minimum atomic E-state index is -4.66. The average molecular weight is 740 g/mol. The number of rotatable bonds is 7. The highest BCUT2D eigenvalue weighted by Gasteiger charge is 2.38. The lowest BCUT2D eigenvalue weighted by molar-refractivity contribution is -0.143. The third kappa shape index (κ3) is 7.75. The van der Waals surface area contributed by atoms with E-state index in [9.17, 15) is 27.6 Å². The number of nitrogens with zero attached hydrogens (tertiary/aromatic N) is 3. The van der Waals surface area contributed by atoms with Gasteiger partial charge in [0.2, 0.25) is 11.8 Å². The number of piperidine rings is 3. The molecule has 1 atom stereocenters. The van der Waals surface area contributed by atoms with E-state index in [4.69, 9.17) is 5.73 Å².